The van der Waals surface area contributed by atoms with Crippen LogP contribution in [0.4, 0.5) is 10.1 Å². The predicted octanol–water partition coefficient (Wildman–Crippen LogP) is 3.29. The predicted molar refractivity (Wildman–Crippen MR) is 122 cm³/mol. The van der Waals surface area contributed by atoms with Gasteiger partial charge >= 0.3 is 0 Å². The second-order valence-corrected chi connectivity index (χ2v) is 7.16. The van der Waals surface area contributed by atoms with Gasteiger partial charge in [-0.2, -0.15) is 5.26 Å². The van der Waals surface area contributed by atoms with Crippen LogP contribution in [0.2, 0.25) is 0 Å². The molecule has 4 aromatic rings. The first-order chi connectivity index (χ1) is 15.9. The number of aryl methyl sites for hydroxylation is 1. The van der Waals surface area contributed by atoms with Crippen molar-refractivity contribution in [3.8, 4) is 28.8 Å². The minimum Gasteiger partial charge on any atom is -0.480 e. The van der Waals surface area contributed by atoms with E-state index in [0.717, 1.165) is 0 Å². The zero-order valence-electron chi connectivity index (χ0n) is 18.2. The summed E-state index contributed by atoms with van der Waals surface area (Å²) in [5.74, 6) is 0.413. The molecule has 2 aromatic heterocycles. The van der Waals surface area contributed by atoms with Gasteiger partial charge in [0.15, 0.2) is 24.7 Å². The van der Waals surface area contributed by atoms with E-state index in [1.165, 1.54) is 19.2 Å². The fourth-order valence-electron chi connectivity index (χ4n) is 3.59. The lowest BCUT2D eigenvalue weighted by Gasteiger charge is -2.13. The molecule has 2 heterocycles. The van der Waals surface area contributed by atoms with Gasteiger partial charge in [-0.1, -0.05) is 0 Å². The van der Waals surface area contributed by atoms with E-state index in [9.17, 15) is 9.18 Å². The number of nitrogens with one attached hydrogen (secondary N) is 3. The number of hydrogen-bond donors (Lipinski definition) is 3. The number of rotatable bonds is 7. The number of nitrogens with zero attached hydrogens (tertiary/aromatic N) is 3. The average Bonchev–Trinajstić information content (AvgIpc) is 3.18. The molecule has 0 aliphatic heterocycles. The van der Waals surface area contributed by atoms with E-state index in [1.807, 2.05) is 6.07 Å². The topological polar surface area (TPSA) is 125 Å². The summed E-state index contributed by atoms with van der Waals surface area (Å²) >= 11 is 0. The summed E-state index contributed by atoms with van der Waals surface area (Å²) in [4.78, 5) is 23.9. The maximum Gasteiger partial charge on any atom is 0.257 e. The highest BCUT2D eigenvalue weighted by atomic mass is 19.1. The Morgan fingerprint density at radius 1 is 1.18 bits per heavy atom. The van der Waals surface area contributed by atoms with Crippen molar-refractivity contribution in [2.24, 2.45) is 0 Å². The number of nitriles is 1. The number of fused-ring (bicyclic) bond motifs is 3. The fraction of sp³-hybridized carbons (Fsp3) is 0.217. The maximum atomic E-state index is 14.3. The molecule has 0 unspecified atom stereocenters. The van der Waals surface area contributed by atoms with Crippen LogP contribution in [0.5, 0.6) is 11.5 Å². The molecule has 4 rings (SSSR count). The van der Waals surface area contributed by atoms with Crippen LogP contribution in [0.25, 0.3) is 33.2 Å². The van der Waals surface area contributed by atoms with Gasteiger partial charge in [0.1, 0.15) is 23.4 Å². The van der Waals surface area contributed by atoms with Crippen LogP contribution >= 0.6 is 0 Å². The highest BCUT2D eigenvalue weighted by Crippen LogP contribution is 2.39. The van der Waals surface area contributed by atoms with Crippen molar-refractivity contribution >= 4 is 33.5 Å². The lowest BCUT2D eigenvalue weighted by atomic mass is 10.0. The van der Waals surface area contributed by atoms with E-state index in [2.05, 4.69) is 25.6 Å². The molecular formula is C23H21FN6O3. The summed E-state index contributed by atoms with van der Waals surface area (Å²) in [6.07, 6.45) is 0. The van der Waals surface area contributed by atoms with E-state index in [4.69, 9.17) is 14.7 Å². The fourth-order valence-corrected chi connectivity index (χ4v) is 3.59. The van der Waals surface area contributed by atoms with Gasteiger partial charge in [-0.3, -0.25) is 4.79 Å². The van der Waals surface area contributed by atoms with Gasteiger partial charge in [0.2, 0.25) is 0 Å². The van der Waals surface area contributed by atoms with Crippen LogP contribution in [0.15, 0.2) is 30.3 Å². The molecule has 2 aromatic carbocycles. The number of ether oxygens (including phenoxy) is 2. The lowest BCUT2D eigenvalue weighted by Crippen LogP contribution is -2.24. The molecule has 1 amide bonds. The Morgan fingerprint density at radius 2 is 2.00 bits per heavy atom. The molecule has 0 fully saturated rings. The van der Waals surface area contributed by atoms with Crippen LogP contribution < -0.4 is 20.1 Å². The van der Waals surface area contributed by atoms with Crippen LogP contribution in [0, 0.1) is 24.1 Å². The highest BCUT2D eigenvalue weighted by molar-refractivity contribution is 6.15. The molecule has 0 aliphatic rings. The Balaban J connectivity index is 1.90. The van der Waals surface area contributed by atoms with Crippen molar-refractivity contribution in [3.05, 3.63) is 42.0 Å². The summed E-state index contributed by atoms with van der Waals surface area (Å²) in [5, 5.41) is 15.7. The van der Waals surface area contributed by atoms with Gasteiger partial charge in [-0.05, 0) is 37.3 Å². The largest absolute Gasteiger partial charge is 0.480 e. The lowest BCUT2D eigenvalue weighted by molar-refractivity contribution is -0.122. The first kappa shape index (κ1) is 21.8. The zero-order chi connectivity index (χ0) is 23.5. The summed E-state index contributed by atoms with van der Waals surface area (Å²) in [6, 6.07) is 9.84. The number of anilines is 1. The third-order valence-electron chi connectivity index (χ3n) is 5.05. The first-order valence-corrected chi connectivity index (χ1v) is 10.1. The van der Waals surface area contributed by atoms with Crippen molar-refractivity contribution in [2.45, 2.75) is 6.92 Å². The monoisotopic (exact) mass is 448 g/mol. The molecule has 0 atom stereocenters. The maximum absolute atomic E-state index is 14.3. The molecule has 9 nitrogen and oxygen atoms in total. The molecule has 33 heavy (non-hydrogen) atoms. The van der Waals surface area contributed by atoms with E-state index in [-0.39, 0.29) is 24.9 Å². The SMILES string of the molecule is CNC(=O)COc1ccc(-c2nc(C)nc3[nH]c4c(NC)cc(F)cc4c23)cc1OCC#N. The van der Waals surface area contributed by atoms with Gasteiger partial charge in [-0.15, -0.1) is 0 Å². The third-order valence-corrected chi connectivity index (χ3v) is 5.05. The van der Waals surface area contributed by atoms with Crippen molar-refractivity contribution in [1.29, 1.82) is 5.26 Å². The number of likely N-dealkylation sites (N-methyl/N-ethyl adjacent to an activating group) is 1. The highest BCUT2D eigenvalue weighted by Gasteiger charge is 2.19. The van der Waals surface area contributed by atoms with E-state index >= 15 is 0 Å². The Kier molecular flexibility index (Phi) is 5.95. The van der Waals surface area contributed by atoms with Gasteiger partial charge in [0.25, 0.3) is 5.91 Å². The van der Waals surface area contributed by atoms with Gasteiger partial charge in [-0.25, -0.2) is 14.4 Å². The average molecular weight is 448 g/mol. The van der Waals surface area contributed by atoms with E-state index in [0.29, 0.717) is 50.5 Å². The molecular weight excluding hydrogens is 427 g/mol. The van der Waals surface area contributed by atoms with Gasteiger partial charge < -0.3 is 25.1 Å². The summed E-state index contributed by atoms with van der Waals surface area (Å²) < 4.78 is 25.4. The molecule has 0 aliphatic carbocycles. The quantitative estimate of drug-likeness (QED) is 0.396. The molecule has 0 saturated carbocycles. The molecule has 168 valence electrons. The minimum absolute atomic E-state index is 0.204. The van der Waals surface area contributed by atoms with E-state index < -0.39 is 5.82 Å². The molecule has 0 spiro atoms. The summed E-state index contributed by atoms with van der Waals surface area (Å²) in [6.45, 7) is 1.36. The smallest absolute Gasteiger partial charge is 0.257 e. The van der Waals surface area contributed by atoms with Gasteiger partial charge in [0, 0.05) is 25.0 Å². The Hall–Kier alpha value is -4.39. The Bertz CT molecular complexity index is 1410. The van der Waals surface area contributed by atoms with Crippen LogP contribution in [-0.2, 0) is 4.79 Å². The first-order valence-electron chi connectivity index (χ1n) is 10.1. The summed E-state index contributed by atoms with van der Waals surface area (Å²) in [7, 11) is 3.22. The van der Waals surface area contributed by atoms with Crippen molar-refractivity contribution in [2.75, 3.05) is 32.6 Å². The number of hydrogen-bond acceptors (Lipinski definition) is 7. The minimum atomic E-state index is -0.393. The van der Waals surface area contributed by atoms with Crippen molar-refractivity contribution < 1.29 is 18.7 Å². The molecule has 0 radical (unpaired) electrons. The van der Waals surface area contributed by atoms with Crippen molar-refractivity contribution in [3.63, 3.8) is 0 Å². The number of amides is 1. The zero-order valence-corrected chi connectivity index (χ0v) is 18.2. The number of H-pyrrole nitrogens is 1. The van der Waals surface area contributed by atoms with E-state index in [1.54, 1.807) is 32.2 Å². The van der Waals surface area contributed by atoms with Crippen LogP contribution in [0.3, 0.4) is 0 Å². The normalized spacial score (nSPS) is 10.8. The Labute approximate surface area is 188 Å². The molecule has 3 N–H and O–H groups in total. The number of carbonyl (C=O) groups is 1. The Morgan fingerprint density at radius 3 is 2.73 bits per heavy atom. The third kappa shape index (κ3) is 4.21. The number of aromatic amines is 1. The second-order valence-electron chi connectivity index (χ2n) is 7.16. The van der Waals surface area contributed by atoms with Crippen LogP contribution in [0.1, 0.15) is 5.82 Å². The number of aromatic nitrogens is 3. The second kappa shape index (κ2) is 9.00. The number of benzene rings is 2. The van der Waals surface area contributed by atoms with Crippen molar-refractivity contribution in [1.82, 2.24) is 20.3 Å². The van der Waals surface area contributed by atoms with Crippen LogP contribution in [-0.4, -0.2) is 48.2 Å². The standard InChI is InChI=1S/C23H21FN6O3/c1-12-28-21(20-15-9-14(24)10-16(26-2)22(15)30-23(20)29-12)13-4-5-17(33-11-19(31)27-3)18(8-13)32-7-6-25/h4-5,8-10,26H,7,11H2,1-3H3,(H,27,31)(H,28,29,30). The van der Waals surface area contributed by atoms with Gasteiger partial charge in [0.05, 0.1) is 22.3 Å². The number of carbonyl (C=O) groups excluding carboxylic acids is 1. The summed E-state index contributed by atoms with van der Waals surface area (Å²) in [5.41, 5.74) is 3.09. The number of halogens is 1. The molecule has 0 bridgehead atoms. The molecule has 0 saturated heterocycles. The molecule has 10 heteroatoms.